The smallest absolute Gasteiger partial charge is 0.322 e. The first-order chi connectivity index (χ1) is 17.0. The molecule has 2 aliphatic rings. The van der Waals surface area contributed by atoms with Gasteiger partial charge in [-0.1, -0.05) is 48.5 Å². The number of halogens is 1. The molecule has 2 heterocycles. The number of urea groups is 1. The molecule has 3 amide bonds. The number of fused-ring (bicyclic) bond motifs is 1. The fourth-order valence-electron chi connectivity index (χ4n) is 5.14. The second-order valence-electron chi connectivity index (χ2n) is 8.78. The van der Waals surface area contributed by atoms with E-state index in [4.69, 9.17) is 4.74 Å². The van der Waals surface area contributed by atoms with E-state index in [-0.39, 0.29) is 48.9 Å². The molecule has 2 saturated heterocycles. The molecule has 2 fully saturated rings. The van der Waals surface area contributed by atoms with E-state index < -0.39 is 0 Å². The number of anilines is 1. The molecule has 8 heteroatoms. The normalized spacial score (nSPS) is 21.2. The minimum atomic E-state index is -0.375. The van der Waals surface area contributed by atoms with Crippen molar-refractivity contribution in [2.24, 2.45) is 0 Å². The Hall–Kier alpha value is -3.91. The van der Waals surface area contributed by atoms with Crippen LogP contribution in [0.15, 0.2) is 72.8 Å². The first-order valence-corrected chi connectivity index (χ1v) is 11.5. The molecule has 0 saturated carbocycles. The lowest BCUT2D eigenvalue weighted by Gasteiger charge is -2.58. The van der Waals surface area contributed by atoms with Gasteiger partial charge in [0.05, 0.1) is 31.5 Å². The Balaban J connectivity index is 1.34. The van der Waals surface area contributed by atoms with Crippen molar-refractivity contribution >= 4 is 17.6 Å². The summed E-state index contributed by atoms with van der Waals surface area (Å²) >= 11 is 0. The van der Waals surface area contributed by atoms with E-state index in [9.17, 15) is 19.1 Å². The fourth-order valence-corrected chi connectivity index (χ4v) is 5.14. The molecule has 0 radical (unpaired) electrons. The van der Waals surface area contributed by atoms with Crippen LogP contribution in [0.4, 0.5) is 14.9 Å². The Labute approximate surface area is 202 Å². The summed E-state index contributed by atoms with van der Waals surface area (Å²) in [6, 6.07) is 20.3. The van der Waals surface area contributed by atoms with Gasteiger partial charge in [0.15, 0.2) is 0 Å². The van der Waals surface area contributed by atoms with Crippen LogP contribution in [0, 0.1) is 5.82 Å². The summed E-state index contributed by atoms with van der Waals surface area (Å²) in [7, 11) is 1.53. The molecule has 0 aromatic heterocycles. The zero-order valence-electron chi connectivity index (χ0n) is 19.2. The SMILES string of the molecule is COc1ccccc1NC(=O)N1CC(=O)N2[C@H](CO)[C@@H](c3ccc(-c4ccc(F)cc4)cc3)[C@H]2C1. The maximum Gasteiger partial charge on any atom is 0.322 e. The van der Waals surface area contributed by atoms with Gasteiger partial charge in [-0.05, 0) is 41.0 Å². The summed E-state index contributed by atoms with van der Waals surface area (Å²) in [5, 5.41) is 12.9. The number of hydrogen-bond donors (Lipinski definition) is 2. The van der Waals surface area contributed by atoms with Crippen molar-refractivity contribution in [1.82, 2.24) is 9.80 Å². The summed E-state index contributed by atoms with van der Waals surface area (Å²) in [6.07, 6.45) is 0. The molecule has 3 aromatic carbocycles. The number of ether oxygens (including phenoxy) is 1. The van der Waals surface area contributed by atoms with E-state index in [0.717, 1.165) is 16.7 Å². The molecule has 0 aliphatic carbocycles. The Bertz CT molecular complexity index is 1230. The Morgan fingerprint density at radius 3 is 2.37 bits per heavy atom. The molecule has 2 N–H and O–H groups in total. The van der Waals surface area contributed by atoms with Crippen LogP contribution >= 0.6 is 0 Å². The highest BCUT2D eigenvalue weighted by Gasteiger charge is 2.54. The van der Waals surface area contributed by atoms with E-state index in [2.05, 4.69) is 5.32 Å². The standard InChI is InChI=1S/C27H26FN3O4/c1-35-24-5-3-2-4-21(24)29-27(34)30-14-22-26(23(16-32)31(22)25(33)15-30)19-8-6-17(7-9-19)18-10-12-20(28)13-11-18/h2-13,22-23,26,32H,14-16H2,1H3,(H,29,34)/t22-,23-,26+/m1/s1. The highest BCUT2D eigenvalue weighted by atomic mass is 19.1. The zero-order valence-corrected chi connectivity index (χ0v) is 19.2. The number of carbonyl (C=O) groups excluding carboxylic acids is 2. The van der Waals surface area contributed by atoms with Crippen LogP contribution in [0.1, 0.15) is 11.5 Å². The monoisotopic (exact) mass is 475 g/mol. The molecule has 0 bridgehead atoms. The van der Waals surface area contributed by atoms with Crippen molar-refractivity contribution < 1.29 is 23.8 Å². The number of amides is 3. The third-order valence-electron chi connectivity index (χ3n) is 6.86. The van der Waals surface area contributed by atoms with E-state index >= 15 is 0 Å². The largest absolute Gasteiger partial charge is 0.495 e. The van der Waals surface area contributed by atoms with Crippen LogP contribution in [0.2, 0.25) is 0 Å². The van der Waals surface area contributed by atoms with E-state index in [1.54, 1.807) is 35.2 Å². The number of benzene rings is 3. The third kappa shape index (κ3) is 4.21. The van der Waals surface area contributed by atoms with Gasteiger partial charge in [0, 0.05) is 12.5 Å². The van der Waals surface area contributed by atoms with Gasteiger partial charge in [-0.25, -0.2) is 9.18 Å². The molecular formula is C27H26FN3O4. The molecule has 5 rings (SSSR count). The quantitative estimate of drug-likeness (QED) is 0.590. The van der Waals surface area contributed by atoms with Crippen LogP contribution in [-0.2, 0) is 4.79 Å². The zero-order chi connectivity index (χ0) is 24.5. The van der Waals surface area contributed by atoms with Gasteiger partial charge in [-0.3, -0.25) is 4.79 Å². The number of aliphatic hydroxyl groups is 1. The Morgan fingerprint density at radius 1 is 1.06 bits per heavy atom. The highest BCUT2D eigenvalue weighted by molar-refractivity contribution is 5.94. The van der Waals surface area contributed by atoms with Crippen molar-refractivity contribution in [2.45, 2.75) is 18.0 Å². The molecule has 2 aliphatic heterocycles. The molecule has 7 nitrogen and oxygen atoms in total. The van der Waals surface area contributed by atoms with E-state index in [0.29, 0.717) is 18.0 Å². The summed E-state index contributed by atoms with van der Waals surface area (Å²) in [4.78, 5) is 29.1. The number of methoxy groups -OCH3 is 1. The summed E-state index contributed by atoms with van der Waals surface area (Å²) in [5.41, 5.74) is 3.36. The second kappa shape index (κ2) is 9.38. The average molecular weight is 476 g/mol. The summed E-state index contributed by atoms with van der Waals surface area (Å²) in [6.45, 7) is 0.151. The van der Waals surface area contributed by atoms with E-state index in [1.807, 2.05) is 30.3 Å². The van der Waals surface area contributed by atoms with Crippen LogP contribution in [-0.4, -0.2) is 65.7 Å². The second-order valence-corrected chi connectivity index (χ2v) is 8.78. The van der Waals surface area contributed by atoms with Gasteiger partial charge >= 0.3 is 6.03 Å². The van der Waals surface area contributed by atoms with Crippen molar-refractivity contribution in [2.75, 3.05) is 32.1 Å². The molecular weight excluding hydrogens is 449 g/mol. The molecule has 3 aromatic rings. The van der Waals surface area contributed by atoms with E-state index in [1.165, 1.54) is 24.1 Å². The number of carbonyl (C=O) groups is 2. The third-order valence-corrected chi connectivity index (χ3v) is 6.86. The Morgan fingerprint density at radius 2 is 1.71 bits per heavy atom. The number of piperazine rings is 1. The molecule has 180 valence electrons. The van der Waals surface area contributed by atoms with Gasteiger partial charge in [-0.2, -0.15) is 0 Å². The lowest BCUT2D eigenvalue weighted by molar-refractivity contribution is -0.159. The minimum absolute atomic E-state index is 0.0514. The maximum atomic E-state index is 13.3. The van der Waals surface area contributed by atoms with Gasteiger partial charge in [0.1, 0.15) is 18.1 Å². The molecule has 0 unspecified atom stereocenters. The van der Waals surface area contributed by atoms with Crippen LogP contribution in [0.3, 0.4) is 0 Å². The number of nitrogens with one attached hydrogen (secondary N) is 1. The van der Waals surface area contributed by atoms with Crippen LogP contribution < -0.4 is 10.1 Å². The number of hydrogen-bond acceptors (Lipinski definition) is 4. The topological polar surface area (TPSA) is 82.1 Å². The summed E-state index contributed by atoms with van der Waals surface area (Å²) in [5.74, 6) is -0.0383. The van der Waals surface area contributed by atoms with Crippen molar-refractivity contribution in [3.63, 3.8) is 0 Å². The van der Waals surface area contributed by atoms with Crippen molar-refractivity contribution in [3.8, 4) is 16.9 Å². The number of aliphatic hydroxyl groups excluding tert-OH is 1. The lowest BCUT2D eigenvalue weighted by atomic mass is 9.73. The first-order valence-electron chi connectivity index (χ1n) is 11.5. The van der Waals surface area contributed by atoms with Gasteiger partial charge < -0.3 is 25.0 Å². The summed E-state index contributed by atoms with van der Waals surface area (Å²) < 4.78 is 18.6. The fraction of sp³-hybridized carbons (Fsp3) is 0.259. The molecule has 3 atom stereocenters. The highest BCUT2D eigenvalue weighted by Crippen LogP contribution is 2.43. The predicted octanol–water partition coefficient (Wildman–Crippen LogP) is 3.70. The first kappa shape index (κ1) is 22.9. The van der Waals surface area contributed by atoms with Gasteiger partial charge in [0.2, 0.25) is 5.91 Å². The van der Waals surface area contributed by atoms with Crippen molar-refractivity contribution in [3.05, 3.63) is 84.2 Å². The lowest BCUT2D eigenvalue weighted by Crippen LogP contribution is -2.73. The van der Waals surface area contributed by atoms with Crippen LogP contribution in [0.5, 0.6) is 5.75 Å². The number of nitrogens with zero attached hydrogens (tertiary/aromatic N) is 2. The van der Waals surface area contributed by atoms with Crippen molar-refractivity contribution in [1.29, 1.82) is 0 Å². The van der Waals surface area contributed by atoms with Gasteiger partial charge in [-0.15, -0.1) is 0 Å². The predicted molar refractivity (Wildman–Crippen MR) is 130 cm³/mol. The van der Waals surface area contributed by atoms with Gasteiger partial charge in [0.25, 0.3) is 0 Å². The Kier molecular flexibility index (Phi) is 6.13. The van der Waals surface area contributed by atoms with Crippen LogP contribution in [0.25, 0.3) is 11.1 Å². The maximum absolute atomic E-state index is 13.3. The number of para-hydroxylation sites is 2. The number of rotatable bonds is 5. The minimum Gasteiger partial charge on any atom is -0.495 e. The molecule has 0 spiro atoms. The molecule has 35 heavy (non-hydrogen) atoms. The average Bonchev–Trinajstić information content (AvgIpc) is 2.86.